The standard InChI is InChI=1S/C27H42N4O5/c1-9-12-19(5)29-24(33)22(20-14-11-13-18(4)23(20)32)31(16-15-28)25(34)21(17(3)10-2)30-26(35)36-27(6,7)8/h11,13-14,17,19,21-22,32H,9-10,12,16H2,1-8H3,(H,29,33)(H,30,35). The van der Waals surface area contributed by atoms with Crippen molar-refractivity contribution in [2.45, 2.75) is 98.4 Å². The number of carbonyl (C=O) groups excluding carboxylic acids is 3. The van der Waals surface area contributed by atoms with Gasteiger partial charge in [0.25, 0.3) is 0 Å². The van der Waals surface area contributed by atoms with Crippen LogP contribution in [-0.2, 0) is 14.3 Å². The molecule has 0 aliphatic carbocycles. The van der Waals surface area contributed by atoms with Crippen LogP contribution in [0.4, 0.5) is 4.79 Å². The van der Waals surface area contributed by atoms with Gasteiger partial charge >= 0.3 is 6.09 Å². The van der Waals surface area contributed by atoms with Gasteiger partial charge in [0.1, 0.15) is 30.0 Å². The van der Waals surface area contributed by atoms with Crippen molar-refractivity contribution in [3.8, 4) is 11.8 Å². The second kappa shape index (κ2) is 13.7. The van der Waals surface area contributed by atoms with Gasteiger partial charge < -0.3 is 25.4 Å². The van der Waals surface area contributed by atoms with Crippen LogP contribution < -0.4 is 10.6 Å². The summed E-state index contributed by atoms with van der Waals surface area (Å²) in [6, 6.07) is 4.40. The number of para-hydroxylation sites is 1. The third-order valence-electron chi connectivity index (χ3n) is 5.91. The lowest BCUT2D eigenvalue weighted by atomic mass is 9.95. The van der Waals surface area contributed by atoms with E-state index in [1.165, 1.54) is 0 Å². The maximum Gasteiger partial charge on any atom is 0.408 e. The van der Waals surface area contributed by atoms with Gasteiger partial charge in [-0.2, -0.15) is 5.26 Å². The molecule has 36 heavy (non-hydrogen) atoms. The Bertz CT molecular complexity index is 950. The van der Waals surface area contributed by atoms with E-state index in [9.17, 15) is 24.8 Å². The molecule has 0 spiro atoms. The molecule has 3 N–H and O–H groups in total. The van der Waals surface area contributed by atoms with E-state index in [-0.39, 0.29) is 23.3 Å². The molecule has 0 saturated carbocycles. The van der Waals surface area contributed by atoms with Gasteiger partial charge in [-0.3, -0.25) is 9.59 Å². The number of hydrogen-bond donors (Lipinski definition) is 3. The predicted molar refractivity (Wildman–Crippen MR) is 138 cm³/mol. The first-order valence-corrected chi connectivity index (χ1v) is 12.5. The molecule has 0 fully saturated rings. The monoisotopic (exact) mass is 502 g/mol. The normalized spacial score (nSPS) is 14.5. The molecule has 1 aromatic rings. The summed E-state index contributed by atoms with van der Waals surface area (Å²) in [5, 5.41) is 26.0. The Morgan fingerprint density at radius 2 is 1.81 bits per heavy atom. The third-order valence-corrected chi connectivity index (χ3v) is 5.91. The lowest BCUT2D eigenvalue weighted by Gasteiger charge is -2.35. The lowest BCUT2D eigenvalue weighted by Crippen LogP contribution is -2.55. The Morgan fingerprint density at radius 1 is 1.17 bits per heavy atom. The highest BCUT2D eigenvalue weighted by Gasteiger charge is 2.39. The van der Waals surface area contributed by atoms with Crippen molar-refractivity contribution in [3.63, 3.8) is 0 Å². The Morgan fingerprint density at radius 3 is 2.33 bits per heavy atom. The molecule has 4 atom stereocenters. The van der Waals surface area contributed by atoms with Crippen LogP contribution in [-0.4, -0.2) is 52.1 Å². The number of phenols is 1. The molecule has 0 saturated heterocycles. The first-order chi connectivity index (χ1) is 16.8. The molecule has 9 nitrogen and oxygen atoms in total. The van der Waals surface area contributed by atoms with Crippen LogP contribution >= 0.6 is 0 Å². The van der Waals surface area contributed by atoms with E-state index in [1.54, 1.807) is 52.8 Å². The summed E-state index contributed by atoms with van der Waals surface area (Å²) in [6.45, 7) is 13.9. The van der Waals surface area contributed by atoms with Crippen molar-refractivity contribution in [1.82, 2.24) is 15.5 Å². The minimum absolute atomic E-state index is 0.128. The Kier molecular flexibility index (Phi) is 11.7. The topological polar surface area (TPSA) is 132 Å². The van der Waals surface area contributed by atoms with E-state index < -0.39 is 42.1 Å². The van der Waals surface area contributed by atoms with Crippen LogP contribution in [0.3, 0.4) is 0 Å². The number of aromatic hydroxyl groups is 1. The molecule has 0 radical (unpaired) electrons. The number of aryl methyl sites for hydroxylation is 1. The first-order valence-electron chi connectivity index (χ1n) is 12.5. The van der Waals surface area contributed by atoms with E-state index in [0.717, 1.165) is 17.7 Å². The zero-order valence-electron chi connectivity index (χ0n) is 22.8. The summed E-state index contributed by atoms with van der Waals surface area (Å²) in [7, 11) is 0. The fraction of sp³-hybridized carbons (Fsp3) is 0.630. The third kappa shape index (κ3) is 8.74. The summed E-state index contributed by atoms with van der Waals surface area (Å²) in [5.41, 5.74) is -0.0356. The second-order valence-electron chi connectivity index (χ2n) is 10.2. The molecule has 0 aliphatic heterocycles. The van der Waals surface area contributed by atoms with Gasteiger partial charge in [-0.25, -0.2) is 4.79 Å². The maximum atomic E-state index is 13.9. The number of nitrogens with zero attached hydrogens (tertiary/aromatic N) is 2. The molecule has 3 amide bonds. The van der Waals surface area contributed by atoms with Crippen molar-refractivity contribution in [2.24, 2.45) is 5.92 Å². The molecular formula is C27H42N4O5. The quantitative estimate of drug-likeness (QED) is 0.386. The van der Waals surface area contributed by atoms with E-state index in [4.69, 9.17) is 4.74 Å². The number of nitriles is 1. The van der Waals surface area contributed by atoms with Crippen LogP contribution in [0.5, 0.6) is 5.75 Å². The van der Waals surface area contributed by atoms with Crippen LogP contribution in [0.2, 0.25) is 0 Å². The van der Waals surface area contributed by atoms with Crippen LogP contribution in [0.15, 0.2) is 18.2 Å². The summed E-state index contributed by atoms with van der Waals surface area (Å²) in [6.07, 6.45) is 1.35. The number of hydrogen-bond acceptors (Lipinski definition) is 6. The van der Waals surface area contributed by atoms with Gasteiger partial charge in [0.2, 0.25) is 11.8 Å². The smallest absolute Gasteiger partial charge is 0.408 e. The van der Waals surface area contributed by atoms with Crippen molar-refractivity contribution >= 4 is 17.9 Å². The molecule has 0 aliphatic rings. The van der Waals surface area contributed by atoms with E-state index >= 15 is 0 Å². The Labute approximate surface area is 215 Å². The summed E-state index contributed by atoms with van der Waals surface area (Å²) < 4.78 is 5.35. The zero-order valence-corrected chi connectivity index (χ0v) is 22.8. The number of amides is 3. The van der Waals surface area contributed by atoms with E-state index in [1.807, 2.05) is 26.8 Å². The number of ether oxygens (including phenoxy) is 1. The van der Waals surface area contributed by atoms with Gasteiger partial charge in [-0.15, -0.1) is 0 Å². The largest absolute Gasteiger partial charge is 0.507 e. The Hall–Kier alpha value is -3.28. The number of benzene rings is 1. The molecule has 9 heteroatoms. The highest BCUT2D eigenvalue weighted by atomic mass is 16.6. The van der Waals surface area contributed by atoms with Gasteiger partial charge in [-0.1, -0.05) is 51.8 Å². The van der Waals surface area contributed by atoms with Crippen molar-refractivity contribution in [2.75, 3.05) is 6.54 Å². The zero-order chi connectivity index (χ0) is 27.6. The summed E-state index contributed by atoms with van der Waals surface area (Å²) in [5.74, 6) is -1.57. The number of carbonyl (C=O) groups is 3. The number of rotatable bonds is 11. The van der Waals surface area contributed by atoms with Crippen LogP contribution in [0.1, 0.15) is 84.9 Å². The highest BCUT2D eigenvalue weighted by molar-refractivity contribution is 5.93. The average molecular weight is 503 g/mol. The van der Waals surface area contributed by atoms with Crippen molar-refractivity contribution in [3.05, 3.63) is 29.3 Å². The van der Waals surface area contributed by atoms with Crippen LogP contribution in [0, 0.1) is 24.2 Å². The number of alkyl carbamates (subject to hydrolysis) is 1. The van der Waals surface area contributed by atoms with E-state index in [2.05, 4.69) is 10.6 Å². The van der Waals surface area contributed by atoms with Gasteiger partial charge in [0, 0.05) is 11.6 Å². The minimum atomic E-state index is -1.27. The predicted octanol–water partition coefficient (Wildman–Crippen LogP) is 4.34. The van der Waals surface area contributed by atoms with Crippen molar-refractivity contribution < 1.29 is 24.2 Å². The second-order valence-corrected chi connectivity index (χ2v) is 10.2. The fourth-order valence-electron chi connectivity index (χ4n) is 3.85. The van der Waals surface area contributed by atoms with Gasteiger partial charge in [0.05, 0.1) is 6.07 Å². The molecular weight excluding hydrogens is 460 g/mol. The maximum absolute atomic E-state index is 13.9. The molecule has 0 heterocycles. The molecule has 1 aromatic carbocycles. The first kappa shape index (κ1) is 30.8. The van der Waals surface area contributed by atoms with E-state index in [0.29, 0.717) is 12.0 Å². The lowest BCUT2D eigenvalue weighted by molar-refractivity contribution is -0.143. The summed E-state index contributed by atoms with van der Waals surface area (Å²) in [4.78, 5) is 41.1. The minimum Gasteiger partial charge on any atom is -0.507 e. The molecule has 0 bridgehead atoms. The van der Waals surface area contributed by atoms with Gasteiger partial charge in [0.15, 0.2) is 0 Å². The fourth-order valence-corrected chi connectivity index (χ4v) is 3.85. The molecule has 200 valence electrons. The number of phenolic OH excluding ortho intramolecular Hbond substituents is 1. The SMILES string of the molecule is CCCC(C)NC(=O)C(c1cccc(C)c1O)N(CC#N)C(=O)C(NC(=O)OC(C)(C)C)C(C)CC. The highest BCUT2D eigenvalue weighted by Crippen LogP contribution is 2.32. The average Bonchev–Trinajstić information content (AvgIpc) is 2.77. The molecule has 4 unspecified atom stereocenters. The summed E-state index contributed by atoms with van der Waals surface area (Å²) >= 11 is 0. The van der Waals surface area contributed by atoms with Crippen LogP contribution in [0.25, 0.3) is 0 Å². The Balaban J connectivity index is 3.56. The number of nitrogens with one attached hydrogen (secondary N) is 2. The van der Waals surface area contributed by atoms with Crippen molar-refractivity contribution in [1.29, 1.82) is 5.26 Å². The molecule has 1 rings (SSSR count). The molecule has 0 aromatic heterocycles. The van der Waals surface area contributed by atoms with Gasteiger partial charge in [-0.05, 0) is 52.5 Å².